The van der Waals surface area contributed by atoms with Crippen molar-refractivity contribution >= 4 is 16.9 Å². The van der Waals surface area contributed by atoms with Crippen molar-refractivity contribution in [1.29, 1.82) is 0 Å². The van der Waals surface area contributed by atoms with Gasteiger partial charge in [-0.05, 0) is 37.6 Å². The van der Waals surface area contributed by atoms with E-state index in [1.54, 1.807) is 26.4 Å². The Balaban J connectivity index is 1.57. The predicted octanol–water partition coefficient (Wildman–Crippen LogP) is 3.25. The van der Waals surface area contributed by atoms with Gasteiger partial charge in [0.1, 0.15) is 17.3 Å². The van der Waals surface area contributed by atoms with Crippen molar-refractivity contribution in [2.45, 2.75) is 19.8 Å². The maximum Gasteiger partial charge on any atom is 0.251 e. The number of imidazole rings is 1. The molecule has 0 saturated carbocycles. The number of benzene rings is 2. The standard InChI is InChI=1S/C20H23N3O3/c1-13-17(25-2)11-14(12-18(13)26-3)20(24)21-10-6-9-19-22-15-7-4-5-8-16(15)23-19/h4-5,7-8,11-12H,6,9-10H2,1-3H3,(H,21,24)(H,22,23). The van der Waals surface area contributed by atoms with Gasteiger partial charge in [-0.3, -0.25) is 4.79 Å². The predicted molar refractivity (Wildman–Crippen MR) is 101 cm³/mol. The molecule has 0 spiro atoms. The largest absolute Gasteiger partial charge is 0.496 e. The summed E-state index contributed by atoms with van der Waals surface area (Å²) in [5, 5.41) is 2.93. The topological polar surface area (TPSA) is 76.2 Å². The van der Waals surface area contributed by atoms with E-state index in [9.17, 15) is 4.79 Å². The van der Waals surface area contributed by atoms with Crippen molar-refractivity contribution in [3.63, 3.8) is 0 Å². The molecule has 0 fully saturated rings. The molecule has 0 bridgehead atoms. The van der Waals surface area contributed by atoms with Crippen LogP contribution in [0.25, 0.3) is 11.0 Å². The molecule has 0 radical (unpaired) electrons. The maximum atomic E-state index is 12.4. The van der Waals surface area contributed by atoms with Gasteiger partial charge in [0.2, 0.25) is 0 Å². The Morgan fingerprint density at radius 3 is 2.50 bits per heavy atom. The number of hydrogen-bond acceptors (Lipinski definition) is 4. The summed E-state index contributed by atoms with van der Waals surface area (Å²) in [5.41, 5.74) is 3.39. The first kappa shape index (κ1) is 17.8. The van der Waals surface area contributed by atoms with E-state index in [2.05, 4.69) is 15.3 Å². The Morgan fingerprint density at radius 1 is 1.15 bits per heavy atom. The fraction of sp³-hybridized carbons (Fsp3) is 0.300. The summed E-state index contributed by atoms with van der Waals surface area (Å²) >= 11 is 0. The highest BCUT2D eigenvalue weighted by Gasteiger charge is 2.13. The second kappa shape index (κ2) is 7.91. The van der Waals surface area contributed by atoms with Gasteiger partial charge in [-0.1, -0.05) is 12.1 Å². The number of hydrogen-bond donors (Lipinski definition) is 2. The number of aromatic nitrogens is 2. The maximum absolute atomic E-state index is 12.4. The van der Waals surface area contributed by atoms with Crippen LogP contribution < -0.4 is 14.8 Å². The fourth-order valence-corrected chi connectivity index (χ4v) is 2.90. The average molecular weight is 353 g/mol. The molecule has 1 amide bonds. The number of carbonyl (C=O) groups excluding carboxylic acids is 1. The van der Waals surface area contributed by atoms with E-state index in [0.717, 1.165) is 35.3 Å². The van der Waals surface area contributed by atoms with Gasteiger partial charge in [0, 0.05) is 24.1 Å². The van der Waals surface area contributed by atoms with E-state index in [-0.39, 0.29) is 5.91 Å². The highest BCUT2D eigenvalue weighted by atomic mass is 16.5. The van der Waals surface area contributed by atoms with E-state index >= 15 is 0 Å². The molecule has 1 aromatic heterocycles. The van der Waals surface area contributed by atoms with Crippen molar-refractivity contribution in [3.8, 4) is 11.5 Å². The molecule has 0 atom stereocenters. The minimum absolute atomic E-state index is 0.147. The smallest absolute Gasteiger partial charge is 0.251 e. The van der Waals surface area contributed by atoms with Crippen LogP contribution in [0.4, 0.5) is 0 Å². The van der Waals surface area contributed by atoms with Gasteiger partial charge in [0.25, 0.3) is 5.91 Å². The van der Waals surface area contributed by atoms with E-state index in [1.165, 1.54) is 0 Å². The molecule has 0 saturated heterocycles. The number of aryl methyl sites for hydroxylation is 1. The number of nitrogens with one attached hydrogen (secondary N) is 2. The summed E-state index contributed by atoms with van der Waals surface area (Å²) in [6.45, 7) is 2.46. The number of para-hydroxylation sites is 2. The van der Waals surface area contributed by atoms with Crippen molar-refractivity contribution in [2.24, 2.45) is 0 Å². The number of nitrogens with zero attached hydrogens (tertiary/aromatic N) is 1. The van der Waals surface area contributed by atoms with Crippen LogP contribution in [-0.2, 0) is 6.42 Å². The number of carbonyl (C=O) groups is 1. The van der Waals surface area contributed by atoms with Crippen LogP contribution in [0, 0.1) is 6.92 Å². The Kier molecular flexibility index (Phi) is 5.41. The first-order chi connectivity index (χ1) is 12.6. The van der Waals surface area contributed by atoms with E-state index in [0.29, 0.717) is 23.6 Å². The van der Waals surface area contributed by atoms with E-state index < -0.39 is 0 Å². The Hall–Kier alpha value is -3.02. The van der Waals surface area contributed by atoms with Crippen molar-refractivity contribution < 1.29 is 14.3 Å². The van der Waals surface area contributed by atoms with Crippen molar-refractivity contribution in [2.75, 3.05) is 20.8 Å². The number of aromatic amines is 1. The van der Waals surface area contributed by atoms with Gasteiger partial charge < -0.3 is 19.8 Å². The molecule has 0 aliphatic carbocycles. The molecule has 0 aliphatic rings. The number of amides is 1. The Morgan fingerprint density at radius 2 is 1.85 bits per heavy atom. The lowest BCUT2D eigenvalue weighted by atomic mass is 10.1. The lowest BCUT2D eigenvalue weighted by Crippen LogP contribution is -2.25. The van der Waals surface area contributed by atoms with Crippen LogP contribution in [-0.4, -0.2) is 36.6 Å². The van der Waals surface area contributed by atoms with E-state index in [1.807, 2.05) is 31.2 Å². The first-order valence-corrected chi connectivity index (χ1v) is 8.57. The van der Waals surface area contributed by atoms with Gasteiger partial charge in [0.15, 0.2) is 0 Å². The summed E-state index contributed by atoms with van der Waals surface area (Å²) < 4.78 is 10.6. The van der Waals surface area contributed by atoms with Crippen LogP contribution in [0.1, 0.15) is 28.2 Å². The van der Waals surface area contributed by atoms with Crippen LogP contribution in [0.2, 0.25) is 0 Å². The molecule has 6 heteroatoms. The molecular formula is C20H23N3O3. The number of rotatable bonds is 7. The number of methoxy groups -OCH3 is 2. The zero-order valence-electron chi connectivity index (χ0n) is 15.3. The monoisotopic (exact) mass is 353 g/mol. The Labute approximate surface area is 152 Å². The molecule has 0 aliphatic heterocycles. The molecule has 0 unspecified atom stereocenters. The third-order valence-electron chi connectivity index (χ3n) is 4.33. The van der Waals surface area contributed by atoms with Gasteiger partial charge in [0.05, 0.1) is 25.3 Å². The Bertz CT molecular complexity index is 860. The first-order valence-electron chi connectivity index (χ1n) is 8.57. The summed E-state index contributed by atoms with van der Waals surface area (Å²) in [6, 6.07) is 11.4. The molecular weight excluding hydrogens is 330 g/mol. The van der Waals surface area contributed by atoms with Gasteiger partial charge in [-0.15, -0.1) is 0 Å². The number of H-pyrrole nitrogens is 1. The summed E-state index contributed by atoms with van der Waals surface area (Å²) in [4.78, 5) is 20.2. The fourth-order valence-electron chi connectivity index (χ4n) is 2.90. The number of fused-ring (bicyclic) bond motifs is 1. The van der Waals surface area contributed by atoms with Crippen LogP contribution >= 0.6 is 0 Å². The van der Waals surface area contributed by atoms with Crippen molar-refractivity contribution in [3.05, 3.63) is 53.3 Å². The van der Waals surface area contributed by atoms with Crippen molar-refractivity contribution in [1.82, 2.24) is 15.3 Å². The van der Waals surface area contributed by atoms with Crippen LogP contribution in [0.3, 0.4) is 0 Å². The quantitative estimate of drug-likeness (QED) is 0.639. The minimum Gasteiger partial charge on any atom is -0.496 e. The highest BCUT2D eigenvalue weighted by molar-refractivity contribution is 5.95. The lowest BCUT2D eigenvalue weighted by molar-refractivity contribution is 0.0952. The molecule has 1 heterocycles. The summed E-state index contributed by atoms with van der Waals surface area (Å²) in [6.07, 6.45) is 1.57. The molecule has 2 N–H and O–H groups in total. The summed E-state index contributed by atoms with van der Waals surface area (Å²) in [5.74, 6) is 2.05. The third kappa shape index (κ3) is 3.79. The van der Waals surface area contributed by atoms with Crippen LogP contribution in [0.15, 0.2) is 36.4 Å². The highest BCUT2D eigenvalue weighted by Crippen LogP contribution is 2.29. The zero-order chi connectivity index (χ0) is 18.5. The SMILES string of the molecule is COc1cc(C(=O)NCCCc2nc3ccccc3[nH]2)cc(OC)c1C. The third-order valence-corrected chi connectivity index (χ3v) is 4.33. The second-order valence-corrected chi connectivity index (χ2v) is 6.07. The molecule has 3 rings (SSSR count). The average Bonchev–Trinajstić information content (AvgIpc) is 3.08. The minimum atomic E-state index is -0.147. The molecule has 26 heavy (non-hydrogen) atoms. The summed E-state index contributed by atoms with van der Waals surface area (Å²) in [7, 11) is 3.16. The van der Waals surface area contributed by atoms with Gasteiger partial charge in [-0.2, -0.15) is 0 Å². The molecule has 6 nitrogen and oxygen atoms in total. The van der Waals surface area contributed by atoms with Gasteiger partial charge in [-0.25, -0.2) is 4.98 Å². The number of ether oxygens (including phenoxy) is 2. The normalized spacial score (nSPS) is 10.7. The zero-order valence-corrected chi connectivity index (χ0v) is 15.3. The second-order valence-electron chi connectivity index (χ2n) is 6.07. The molecule has 3 aromatic rings. The van der Waals surface area contributed by atoms with Crippen LogP contribution in [0.5, 0.6) is 11.5 Å². The van der Waals surface area contributed by atoms with Gasteiger partial charge >= 0.3 is 0 Å². The molecule has 2 aromatic carbocycles. The molecule has 136 valence electrons. The van der Waals surface area contributed by atoms with E-state index in [4.69, 9.17) is 9.47 Å². The lowest BCUT2D eigenvalue weighted by Gasteiger charge is -2.12.